The number of carbonyl (C=O) groups is 1. The van der Waals surface area contributed by atoms with Crippen LogP contribution >= 0.6 is 0 Å². The van der Waals surface area contributed by atoms with E-state index < -0.39 is 5.79 Å². The lowest BCUT2D eigenvalue weighted by molar-refractivity contribution is -0.413. The van der Waals surface area contributed by atoms with Crippen molar-refractivity contribution in [2.24, 2.45) is 0 Å². The summed E-state index contributed by atoms with van der Waals surface area (Å²) in [5, 5.41) is 0. The Labute approximate surface area is 90.6 Å². The van der Waals surface area contributed by atoms with Gasteiger partial charge in [-0.2, -0.15) is 0 Å². The Balaban J connectivity index is 3.36. The van der Waals surface area contributed by atoms with Gasteiger partial charge < -0.3 is 9.47 Å². The summed E-state index contributed by atoms with van der Waals surface area (Å²) in [5.41, 5.74) is 0. The van der Waals surface area contributed by atoms with Crippen LogP contribution in [0.15, 0.2) is 0 Å². The molecule has 0 radical (unpaired) electrons. The monoisotopic (exact) mass is 220 g/mol. The molecule has 0 aromatic rings. The molecule has 0 N–H and O–H groups in total. The van der Waals surface area contributed by atoms with Crippen molar-refractivity contribution < 1.29 is 24.0 Å². The van der Waals surface area contributed by atoms with E-state index in [9.17, 15) is 4.79 Å². The van der Waals surface area contributed by atoms with Crippen molar-refractivity contribution in [1.82, 2.24) is 0 Å². The van der Waals surface area contributed by atoms with E-state index in [2.05, 4.69) is 0 Å². The summed E-state index contributed by atoms with van der Waals surface area (Å²) in [7, 11) is 1.53. The fraction of sp³-hybridized carbons (Fsp3) is 0.900. The predicted molar refractivity (Wildman–Crippen MR) is 54.0 cm³/mol. The average Bonchev–Trinajstić information content (AvgIpc) is 2.17. The summed E-state index contributed by atoms with van der Waals surface area (Å²) < 4.78 is 9.72. The predicted octanol–water partition coefficient (Wildman–Crippen LogP) is 1.66. The van der Waals surface area contributed by atoms with Crippen LogP contribution in [0.2, 0.25) is 0 Å². The van der Waals surface area contributed by atoms with Crippen LogP contribution in [0, 0.1) is 0 Å². The normalized spacial score (nSPS) is 11.5. The van der Waals surface area contributed by atoms with Crippen LogP contribution in [0.4, 0.5) is 0 Å². The number of esters is 1. The highest BCUT2D eigenvalue weighted by molar-refractivity contribution is 5.69. The number of ether oxygens (including phenoxy) is 2. The van der Waals surface area contributed by atoms with E-state index in [1.807, 2.05) is 0 Å². The molecule has 5 heteroatoms. The zero-order valence-corrected chi connectivity index (χ0v) is 9.87. The van der Waals surface area contributed by atoms with Gasteiger partial charge in [0.05, 0.1) is 13.2 Å². The van der Waals surface area contributed by atoms with E-state index >= 15 is 0 Å². The second-order valence-electron chi connectivity index (χ2n) is 3.42. The van der Waals surface area contributed by atoms with Crippen LogP contribution in [0.25, 0.3) is 0 Å². The second-order valence-corrected chi connectivity index (χ2v) is 3.42. The van der Waals surface area contributed by atoms with Gasteiger partial charge >= 0.3 is 5.97 Å². The standard InChI is InChI=1S/C10H20O5/c1-5-13-9(11)7-6-8-14-15-10(2,3)12-4/h5-8H2,1-4H3. The minimum absolute atomic E-state index is 0.216. The average molecular weight is 220 g/mol. The van der Waals surface area contributed by atoms with Crippen molar-refractivity contribution in [1.29, 1.82) is 0 Å². The molecule has 0 aliphatic carbocycles. The maximum atomic E-state index is 10.9. The zero-order chi connectivity index (χ0) is 11.7. The molecule has 0 atom stereocenters. The van der Waals surface area contributed by atoms with Gasteiger partial charge in [0.2, 0.25) is 0 Å². The van der Waals surface area contributed by atoms with Crippen molar-refractivity contribution in [3.8, 4) is 0 Å². The highest BCUT2D eigenvalue weighted by Crippen LogP contribution is 2.09. The topological polar surface area (TPSA) is 54.0 Å². The first-order chi connectivity index (χ1) is 7.02. The SMILES string of the molecule is CCOC(=O)CCCOOC(C)(C)OC. The van der Waals surface area contributed by atoms with Crippen molar-refractivity contribution in [2.45, 2.75) is 39.4 Å². The molecule has 0 heterocycles. The number of rotatable bonds is 8. The van der Waals surface area contributed by atoms with E-state index in [1.54, 1.807) is 20.8 Å². The zero-order valence-electron chi connectivity index (χ0n) is 9.87. The first kappa shape index (κ1) is 14.3. The van der Waals surface area contributed by atoms with Gasteiger partial charge in [-0.3, -0.25) is 4.79 Å². The van der Waals surface area contributed by atoms with Gasteiger partial charge in [0.15, 0.2) is 5.79 Å². The third-order valence-corrected chi connectivity index (χ3v) is 1.67. The van der Waals surface area contributed by atoms with Crippen molar-refractivity contribution >= 4 is 5.97 Å². The van der Waals surface area contributed by atoms with E-state index in [0.717, 1.165) is 0 Å². The molecule has 0 aliphatic rings. The molecule has 0 aliphatic heterocycles. The Morgan fingerprint density at radius 1 is 1.33 bits per heavy atom. The summed E-state index contributed by atoms with van der Waals surface area (Å²) in [6, 6.07) is 0. The lowest BCUT2D eigenvalue weighted by Gasteiger charge is -2.21. The molecular formula is C10H20O5. The first-order valence-corrected chi connectivity index (χ1v) is 5.03. The minimum atomic E-state index is -0.760. The molecule has 5 nitrogen and oxygen atoms in total. The molecule has 0 saturated heterocycles. The Morgan fingerprint density at radius 3 is 2.53 bits per heavy atom. The van der Waals surface area contributed by atoms with Crippen molar-refractivity contribution in [3.63, 3.8) is 0 Å². The van der Waals surface area contributed by atoms with Crippen LogP contribution in [0.1, 0.15) is 33.6 Å². The summed E-state index contributed by atoms with van der Waals surface area (Å²) in [5.74, 6) is -0.976. The fourth-order valence-corrected chi connectivity index (χ4v) is 0.726. The summed E-state index contributed by atoms with van der Waals surface area (Å²) in [4.78, 5) is 20.7. The molecule has 0 aromatic heterocycles. The van der Waals surface area contributed by atoms with E-state index in [1.165, 1.54) is 7.11 Å². The summed E-state index contributed by atoms with van der Waals surface area (Å²) in [6.45, 7) is 5.99. The van der Waals surface area contributed by atoms with Crippen molar-refractivity contribution in [3.05, 3.63) is 0 Å². The third-order valence-electron chi connectivity index (χ3n) is 1.67. The molecule has 0 spiro atoms. The highest BCUT2D eigenvalue weighted by atomic mass is 17.2. The van der Waals surface area contributed by atoms with Crippen LogP contribution in [0.3, 0.4) is 0 Å². The van der Waals surface area contributed by atoms with Crippen LogP contribution < -0.4 is 0 Å². The number of hydrogen-bond acceptors (Lipinski definition) is 5. The third kappa shape index (κ3) is 8.35. The summed E-state index contributed by atoms with van der Waals surface area (Å²) >= 11 is 0. The van der Waals surface area contributed by atoms with Gasteiger partial charge in [0.25, 0.3) is 0 Å². The molecule has 0 saturated carbocycles. The Bertz CT molecular complexity index is 179. The van der Waals surface area contributed by atoms with Gasteiger partial charge in [-0.15, -0.1) is 0 Å². The van der Waals surface area contributed by atoms with Gasteiger partial charge in [0, 0.05) is 13.5 Å². The Kier molecular flexibility index (Phi) is 7.29. The summed E-state index contributed by atoms with van der Waals surface area (Å²) in [6.07, 6.45) is 0.906. The van der Waals surface area contributed by atoms with Crippen LogP contribution in [-0.4, -0.2) is 32.1 Å². The van der Waals surface area contributed by atoms with E-state index in [4.69, 9.17) is 19.2 Å². The molecule has 0 bridgehead atoms. The molecule has 0 amide bonds. The molecular weight excluding hydrogens is 200 g/mol. The van der Waals surface area contributed by atoms with Gasteiger partial charge in [-0.05, 0) is 27.2 Å². The number of hydrogen-bond donors (Lipinski definition) is 0. The molecule has 15 heavy (non-hydrogen) atoms. The number of methoxy groups -OCH3 is 1. The molecule has 0 aromatic carbocycles. The van der Waals surface area contributed by atoms with Crippen molar-refractivity contribution in [2.75, 3.05) is 20.3 Å². The molecule has 90 valence electrons. The van der Waals surface area contributed by atoms with E-state index in [-0.39, 0.29) is 5.97 Å². The Hall–Kier alpha value is -0.650. The highest BCUT2D eigenvalue weighted by Gasteiger charge is 2.17. The maximum Gasteiger partial charge on any atom is 0.305 e. The smallest absolute Gasteiger partial charge is 0.305 e. The van der Waals surface area contributed by atoms with Gasteiger partial charge in [-0.25, -0.2) is 9.78 Å². The van der Waals surface area contributed by atoms with Crippen LogP contribution in [0.5, 0.6) is 0 Å². The van der Waals surface area contributed by atoms with E-state index in [0.29, 0.717) is 26.1 Å². The minimum Gasteiger partial charge on any atom is -0.466 e. The maximum absolute atomic E-state index is 10.9. The lowest BCUT2D eigenvalue weighted by atomic mass is 10.3. The molecule has 0 fully saturated rings. The lowest BCUT2D eigenvalue weighted by Crippen LogP contribution is -2.27. The van der Waals surface area contributed by atoms with Crippen LogP contribution in [-0.2, 0) is 24.0 Å². The molecule has 0 rings (SSSR count). The van der Waals surface area contributed by atoms with Gasteiger partial charge in [0.1, 0.15) is 0 Å². The number of carbonyl (C=O) groups excluding carboxylic acids is 1. The Morgan fingerprint density at radius 2 is 2.00 bits per heavy atom. The van der Waals surface area contributed by atoms with Gasteiger partial charge in [-0.1, -0.05) is 0 Å². The quantitative estimate of drug-likeness (QED) is 0.205. The fourth-order valence-electron chi connectivity index (χ4n) is 0.726. The molecule has 0 unspecified atom stereocenters. The first-order valence-electron chi connectivity index (χ1n) is 5.03. The largest absolute Gasteiger partial charge is 0.466 e. The second kappa shape index (κ2) is 7.62.